The van der Waals surface area contributed by atoms with Crippen LogP contribution >= 0.6 is 11.6 Å². The third-order valence-electron chi connectivity index (χ3n) is 4.31. The van der Waals surface area contributed by atoms with Crippen LogP contribution in [-0.4, -0.2) is 35.9 Å². The van der Waals surface area contributed by atoms with E-state index in [1.807, 2.05) is 27.7 Å². The van der Waals surface area contributed by atoms with E-state index in [2.05, 4.69) is 0 Å². The number of aromatic carboxylic acids is 1. The summed E-state index contributed by atoms with van der Waals surface area (Å²) in [5, 5.41) is 9.47. The largest absolute Gasteiger partial charge is 0.491 e. The second kappa shape index (κ2) is 6.28. The Hall–Kier alpha value is -1.34. The smallest absolute Gasteiger partial charge is 0.478 e. The predicted molar refractivity (Wildman–Crippen MR) is 91.5 cm³/mol. The molecular weight excluding hydrogens is 316 g/mol. The summed E-state index contributed by atoms with van der Waals surface area (Å²) in [5.74, 6) is -1.04. The lowest BCUT2D eigenvalue weighted by molar-refractivity contribution is 0.00578. The van der Waals surface area contributed by atoms with E-state index >= 15 is 0 Å². The standard InChI is InChI=1S/C16H21BClNO4/c1-15(2)16(3,4)23-17(22-15)12(9-19)6-10-5-11(14(20)21)8-13(18)7-10/h5-8H,9,19H2,1-4H3,(H,20,21). The van der Waals surface area contributed by atoms with Gasteiger partial charge in [0.2, 0.25) is 0 Å². The summed E-state index contributed by atoms with van der Waals surface area (Å²) in [6, 6.07) is 4.61. The van der Waals surface area contributed by atoms with Crippen LogP contribution in [0.1, 0.15) is 43.6 Å². The summed E-state index contributed by atoms with van der Waals surface area (Å²) in [6.07, 6.45) is 1.76. The fourth-order valence-corrected chi connectivity index (χ4v) is 2.49. The molecule has 3 N–H and O–H groups in total. The van der Waals surface area contributed by atoms with Crippen molar-refractivity contribution < 1.29 is 19.2 Å². The van der Waals surface area contributed by atoms with Crippen LogP contribution in [0, 0.1) is 0 Å². The number of benzene rings is 1. The Morgan fingerprint density at radius 2 is 1.83 bits per heavy atom. The van der Waals surface area contributed by atoms with Crippen LogP contribution in [0.2, 0.25) is 5.02 Å². The molecule has 0 amide bonds. The zero-order chi connectivity index (χ0) is 17.4. The maximum atomic E-state index is 11.1. The number of nitrogens with two attached hydrogens (primary N) is 1. The SMILES string of the molecule is CC1(C)OB(C(=Cc2cc(Cl)cc(C(=O)O)c2)CN)OC1(C)C. The molecule has 0 spiro atoms. The second-order valence-electron chi connectivity index (χ2n) is 6.59. The van der Waals surface area contributed by atoms with E-state index in [9.17, 15) is 4.79 Å². The summed E-state index contributed by atoms with van der Waals surface area (Å²) < 4.78 is 12.0. The van der Waals surface area contributed by atoms with Gasteiger partial charge in [-0.05, 0) is 56.9 Å². The molecule has 1 aliphatic rings. The topological polar surface area (TPSA) is 81.8 Å². The van der Waals surface area contributed by atoms with Crippen molar-refractivity contribution in [3.05, 3.63) is 39.8 Å². The minimum absolute atomic E-state index is 0.119. The molecule has 2 rings (SSSR count). The summed E-state index contributed by atoms with van der Waals surface area (Å²) in [5.41, 5.74) is 6.39. The van der Waals surface area contributed by atoms with Gasteiger partial charge in [-0.15, -0.1) is 0 Å². The maximum Gasteiger partial charge on any atom is 0.491 e. The van der Waals surface area contributed by atoms with Gasteiger partial charge in [-0.25, -0.2) is 4.79 Å². The van der Waals surface area contributed by atoms with Crippen LogP contribution in [0.5, 0.6) is 0 Å². The van der Waals surface area contributed by atoms with Crippen molar-refractivity contribution in [1.82, 2.24) is 0 Å². The second-order valence-corrected chi connectivity index (χ2v) is 7.03. The van der Waals surface area contributed by atoms with Crippen LogP contribution in [0.4, 0.5) is 0 Å². The van der Waals surface area contributed by atoms with Crippen molar-refractivity contribution in [3.8, 4) is 0 Å². The Bertz CT molecular complexity index is 641. The molecule has 1 fully saturated rings. The van der Waals surface area contributed by atoms with Gasteiger partial charge in [0.1, 0.15) is 0 Å². The van der Waals surface area contributed by atoms with Gasteiger partial charge in [-0.3, -0.25) is 0 Å². The number of hydrogen-bond donors (Lipinski definition) is 2. The van der Waals surface area contributed by atoms with Crippen molar-refractivity contribution in [3.63, 3.8) is 0 Å². The Balaban J connectivity index is 2.35. The predicted octanol–water partition coefficient (Wildman–Crippen LogP) is 3.01. The number of carbonyl (C=O) groups is 1. The third-order valence-corrected chi connectivity index (χ3v) is 4.53. The van der Waals surface area contributed by atoms with E-state index in [0.29, 0.717) is 10.6 Å². The van der Waals surface area contributed by atoms with Gasteiger partial charge >= 0.3 is 13.1 Å². The van der Waals surface area contributed by atoms with Gasteiger partial charge in [0, 0.05) is 11.6 Å². The lowest BCUT2D eigenvalue weighted by Crippen LogP contribution is -2.41. The van der Waals surface area contributed by atoms with Crippen molar-refractivity contribution in [1.29, 1.82) is 0 Å². The number of carboxylic acid groups (broad SMARTS) is 1. The molecule has 0 atom stereocenters. The highest BCUT2D eigenvalue weighted by Gasteiger charge is 2.52. The Morgan fingerprint density at radius 3 is 2.30 bits per heavy atom. The molecule has 1 aliphatic heterocycles. The van der Waals surface area contributed by atoms with E-state index in [1.165, 1.54) is 12.1 Å². The molecule has 0 radical (unpaired) electrons. The molecule has 0 bridgehead atoms. The molecule has 0 unspecified atom stereocenters. The van der Waals surface area contributed by atoms with E-state index in [1.54, 1.807) is 12.1 Å². The average molecular weight is 338 g/mol. The quantitative estimate of drug-likeness (QED) is 0.825. The molecule has 0 aliphatic carbocycles. The first-order chi connectivity index (χ1) is 10.6. The summed E-state index contributed by atoms with van der Waals surface area (Å²) in [4.78, 5) is 11.1. The summed E-state index contributed by atoms with van der Waals surface area (Å²) >= 11 is 5.98. The van der Waals surface area contributed by atoms with Gasteiger partial charge < -0.3 is 20.1 Å². The number of rotatable bonds is 4. The van der Waals surface area contributed by atoms with E-state index in [0.717, 1.165) is 5.47 Å². The number of hydrogen-bond acceptors (Lipinski definition) is 4. The first-order valence-corrected chi connectivity index (χ1v) is 7.73. The Morgan fingerprint density at radius 1 is 1.26 bits per heavy atom. The van der Waals surface area contributed by atoms with Crippen LogP contribution < -0.4 is 5.73 Å². The van der Waals surface area contributed by atoms with Gasteiger partial charge in [0.05, 0.1) is 16.8 Å². The molecule has 7 heteroatoms. The minimum atomic E-state index is -1.04. The molecule has 0 saturated carbocycles. The highest BCUT2D eigenvalue weighted by Crippen LogP contribution is 2.38. The maximum absolute atomic E-state index is 11.1. The molecule has 0 aromatic heterocycles. The highest BCUT2D eigenvalue weighted by atomic mass is 35.5. The Kier molecular flexibility index (Phi) is 4.92. The van der Waals surface area contributed by atoms with Crippen LogP contribution in [0.15, 0.2) is 23.7 Å². The van der Waals surface area contributed by atoms with E-state index in [4.69, 9.17) is 31.7 Å². The minimum Gasteiger partial charge on any atom is -0.478 e. The highest BCUT2D eigenvalue weighted by molar-refractivity contribution is 6.56. The van der Waals surface area contributed by atoms with Crippen LogP contribution in [0.25, 0.3) is 6.08 Å². The number of carboxylic acids is 1. The molecule has 1 saturated heterocycles. The molecular formula is C16H21BClNO4. The molecule has 1 aromatic carbocycles. The monoisotopic (exact) mass is 337 g/mol. The Labute approximate surface area is 141 Å². The lowest BCUT2D eigenvalue weighted by atomic mass is 9.77. The fraction of sp³-hybridized carbons (Fsp3) is 0.438. The molecule has 1 heterocycles. The molecule has 5 nitrogen and oxygen atoms in total. The van der Waals surface area contributed by atoms with Crippen molar-refractivity contribution in [2.45, 2.75) is 38.9 Å². The molecule has 124 valence electrons. The fourth-order valence-electron chi connectivity index (χ4n) is 2.25. The average Bonchev–Trinajstić information content (AvgIpc) is 2.64. The van der Waals surface area contributed by atoms with Gasteiger partial charge in [0.15, 0.2) is 0 Å². The zero-order valence-corrected chi connectivity index (χ0v) is 14.5. The first-order valence-electron chi connectivity index (χ1n) is 7.36. The van der Waals surface area contributed by atoms with Gasteiger partial charge in [-0.1, -0.05) is 17.7 Å². The number of halogens is 1. The molecule has 1 aromatic rings. The van der Waals surface area contributed by atoms with Gasteiger partial charge in [0.25, 0.3) is 0 Å². The van der Waals surface area contributed by atoms with Crippen LogP contribution in [-0.2, 0) is 9.31 Å². The lowest BCUT2D eigenvalue weighted by Gasteiger charge is -2.32. The third kappa shape index (κ3) is 3.78. The zero-order valence-electron chi connectivity index (χ0n) is 13.7. The van der Waals surface area contributed by atoms with Crippen molar-refractivity contribution in [2.75, 3.05) is 6.54 Å². The van der Waals surface area contributed by atoms with Gasteiger partial charge in [-0.2, -0.15) is 0 Å². The van der Waals surface area contributed by atoms with E-state index < -0.39 is 24.3 Å². The van der Waals surface area contributed by atoms with E-state index in [-0.39, 0.29) is 12.1 Å². The summed E-state index contributed by atoms with van der Waals surface area (Å²) in [6.45, 7) is 8.07. The normalized spacial score (nSPS) is 19.9. The van der Waals surface area contributed by atoms with Crippen molar-refractivity contribution >= 4 is 30.8 Å². The van der Waals surface area contributed by atoms with Crippen molar-refractivity contribution in [2.24, 2.45) is 5.73 Å². The van der Waals surface area contributed by atoms with Crippen LogP contribution in [0.3, 0.4) is 0 Å². The first kappa shape index (κ1) is 18.0. The summed E-state index contributed by atoms with van der Waals surface area (Å²) in [7, 11) is -0.572. The molecule has 23 heavy (non-hydrogen) atoms.